The number of piperazine rings is 1. The molecule has 1 saturated heterocycles. The fraction of sp³-hybridized carbons (Fsp3) is 0.381. The number of hydrogen-bond donors (Lipinski definition) is 1. The van der Waals surface area contributed by atoms with Gasteiger partial charge in [-0.25, -0.2) is 0 Å². The molecule has 1 unspecified atom stereocenters. The number of nitrogens with zero attached hydrogens (tertiary/aromatic N) is 4. The van der Waals surface area contributed by atoms with Crippen LogP contribution in [0.25, 0.3) is 10.9 Å². The molecule has 0 aliphatic carbocycles. The molecule has 4 rings (SSSR count). The molecule has 1 amide bonds. The molecule has 1 aliphatic rings. The number of hydrogen-bond acceptors (Lipinski definition) is 6. The average molecular weight is 379 g/mol. The fourth-order valence-corrected chi connectivity index (χ4v) is 3.64. The van der Waals surface area contributed by atoms with Gasteiger partial charge in [-0.15, -0.1) is 0 Å². The van der Waals surface area contributed by atoms with E-state index in [1.807, 2.05) is 50.2 Å². The number of pyridine rings is 1. The van der Waals surface area contributed by atoms with Gasteiger partial charge in [-0.1, -0.05) is 11.2 Å². The Morgan fingerprint density at radius 1 is 1.21 bits per heavy atom. The summed E-state index contributed by atoms with van der Waals surface area (Å²) in [4.78, 5) is 21.7. The molecule has 1 aromatic carbocycles. The summed E-state index contributed by atoms with van der Waals surface area (Å²) >= 11 is 0. The Balaban J connectivity index is 1.34. The minimum Gasteiger partial charge on any atom is -0.360 e. The second-order valence-corrected chi connectivity index (χ2v) is 7.29. The molecule has 1 atom stereocenters. The van der Waals surface area contributed by atoms with Crippen LogP contribution < -0.4 is 5.32 Å². The standard InChI is InChI=1S/C21H25N5O2/c1-15-13-17(28-24-15)14-25-9-11-26(12-10-25)16(2)21(27)23-20-7-3-6-19-18(20)5-4-8-22-19/h3-8,13,16H,9-12,14H2,1-2H3,(H,23,27). The molecule has 7 nitrogen and oxygen atoms in total. The molecule has 0 radical (unpaired) electrons. The maximum Gasteiger partial charge on any atom is 0.241 e. The number of amides is 1. The predicted molar refractivity (Wildman–Crippen MR) is 108 cm³/mol. The molecule has 7 heteroatoms. The molecule has 1 aliphatic heterocycles. The Bertz CT molecular complexity index is 957. The highest BCUT2D eigenvalue weighted by atomic mass is 16.5. The first kappa shape index (κ1) is 18.6. The van der Waals surface area contributed by atoms with E-state index in [1.165, 1.54) is 0 Å². The zero-order valence-corrected chi connectivity index (χ0v) is 16.3. The van der Waals surface area contributed by atoms with Crippen LogP contribution in [0.15, 0.2) is 47.1 Å². The molecule has 3 heterocycles. The number of anilines is 1. The summed E-state index contributed by atoms with van der Waals surface area (Å²) in [7, 11) is 0. The lowest BCUT2D eigenvalue weighted by Gasteiger charge is -2.37. The van der Waals surface area contributed by atoms with Crippen LogP contribution in [0.2, 0.25) is 0 Å². The van der Waals surface area contributed by atoms with Crippen molar-refractivity contribution in [1.82, 2.24) is 19.9 Å². The molecule has 0 spiro atoms. The van der Waals surface area contributed by atoms with Gasteiger partial charge in [0.25, 0.3) is 0 Å². The van der Waals surface area contributed by atoms with E-state index in [2.05, 4.69) is 25.3 Å². The van der Waals surface area contributed by atoms with Gasteiger partial charge in [-0.05, 0) is 38.1 Å². The summed E-state index contributed by atoms with van der Waals surface area (Å²) in [5.41, 5.74) is 2.59. The molecular weight excluding hydrogens is 354 g/mol. The topological polar surface area (TPSA) is 74.5 Å². The van der Waals surface area contributed by atoms with Gasteiger partial charge in [0.05, 0.1) is 29.5 Å². The predicted octanol–water partition coefficient (Wildman–Crippen LogP) is 2.68. The molecule has 3 aromatic rings. The van der Waals surface area contributed by atoms with Crippen molar-refractivity contribution >= 4 is 22.5 Å². The maximum atomic E-state index is 12.8. The van der Waals surface area contributed by atoms with Crippen LogP contribution in [0.1, 0.15) is 18.4 Å². The minimum absolute atomic E-state index is 0.00987. The van der Waals surface area contributed by atoms with E-state index in [-0.39, 0.29) is 11.9 Å². The monoisotopic (exact) mass is 379 g/mol. The van der Waals surface area contributed by atoms with E-state index in [4.69, 9.17) is 4.52 Å². The highest BCUT2D eigenvalue weighted by Gasteiger charge is 2.26. The van der Waals surface area contributed by atoms with Crippen LogP contribution in [0, 0.1) is 6.92 Å². The highest BCUT2D eigenvalue weighted by Crippen LogP contribution is 2.22. The van der Waals surface area contributed by atoms with Crippen molar-refractivity contribution in [2.45, 2.75) is 26.4 Å². The van der Waals surface area contributed by atoms with Crippen molar-refractivity contribution in [2.24, 2.45) is 0 Å². The summed E-state index contributed by atoms with van der Waals surface area (Å²) in [5, 5.41) is 7.98. The number of carbonyl (C=O) groups is 1. The van der Waals surface area contributed by atoms with Crippen molar-refractivity contribution in [3.8, 4) is 0 Å². The number of rotatable bonds is 5. The molecule has 146 valence electrons. The van der Waals surface area contributed by atoms with Crippen molar-refractivity contribution in [3.63, 3.8) is 0 Å². The SMILES string of the molecule is Cc1cc(CN2CCN(C(C)C(=O)Nc3cccc4ncccc34)CC2)on1. The lowest BCUT2D eigenvalue weighted by Crippen LogP contribution is -2.52. The van der Waals surface area contributed by atoms with E-state index in [0.717, 1.165) is 60.8 Å². The number of benzene rings is 1. The van der Waals surface area contributed by atoms with E-state index in [9.17, 15) is 4.79 Å². The van der Waals surface area contributed by atoms with Crippen LogP contribution in [0.3, 0.4) is 0 Å². The normalized spacial score (nSPS) is 16.9. The second-order valence-electron chi connectivity index (χ2n) is 7.29. The zero-order valence-electron chi connectivity index (χ0n) is 16.3. The Morgan fingerprint density at radius 2 is 2.04 bits per heavy atom. The zero-order chi connectivity index (χ0) is 19.5. The van der Waals surface area contributed by atoms with Crippen molar-refractivity contribution in [1.29, 1.82) is 0 Å². The summed E-state index contributed by atoms with van der Waals surface area (Å²) < 4.78 is 5.31. The van der Waals surface area contributed by atoms with E-state index in [1.54, 1.807) is 6.20 Å². The Morgan fingerprint density at radius 3 is 2.79 bits per heavy atom. The summed E-state index contributed by atoms with van der Waals surface area (Å²) in [6, 6.07) is 11.4. The van der Waals surface area contributed by atoms with Crippen LogP contribution in [-0.4, -0.2) is 58.1 Å². The third-order valence-electron chi connectivity index (χ3n) is 5.29. The van der Waals surface area contributed by atoms with Crippen LogP contribution in [0.4, 0.5) is 5.69 Å². The van der Waals surface area contributed by atoms with Gasteiger partial charge in [-0.2, -0.15) is 0 Å². The van der Waals surface area contributed by atoms with Crippen LogP contribution >= 0.6 is 0 Å². The quantitative estimate of drug-likeness (QED) is 0.735. The summed E-state index contributed by atoms with van der Waals surface area (Å²) in [5.74, 6) is 0.900. The highest BCUT2D eigenvalue weighted by molar-refractivity contribution is 6.02. The first-order chi connectivity index (χ1) is 13.6. The second kappa shape index (κ2) is 8.08. The Labute approximate surface area is 164 Å². The number of aromatic nitrogens is 2. The largest absolute Gasteiger partial charge is 0.360 e. The van der Waals surface area contributed by atoms with Gasteiger partial charge in [0.15, 0.2) is 5.76 Å². The van der Waals surface area contributed by atoms with E-state index < -0.39 is 0 Å². The van der Waals surface area contributed by atoms with Gasteiger partial charge in [0.1, 0.15) is 0 Å². The smallest absolute Gasteiger partial charge is 0.241 e. The van der Waals surface area contributed by atoms with Crippen molar-refractivity contribution in [3.05, 3.63) is 54.0 Å². The fourth-order valence-electron chi connectivity index (χ4n) is 3.64. The first-order valence-corrected chi connectivity index (χ1v) is 9.63. The summed E-state index contributed by atoms with van der Waals surface area (Å²) in [6.45, 7) is 8.15. The average Bonchev–Trinajstić information content (AvgIpc) is 3.13. The Hall–Kier alpha value is -2.77. The van der Waals surface area contributed by atoms with E-state index >= 15 is 0 Å². The van der Waals surface area contributed by atoms with Gasteiger partial charge < -0.3 is 9.84 Å². The van der Waals surface area contributed by atoms with Crippen molar-refractivity contribution < 1.29 is 9.32 Å². The number of carbonyl (C=O) groups excluding carboxylic acids is 1. The van der Waals surface area contributed by atoms with Crippen molar-refractivity contribution in [2.75, 3.05) is 31.5 Å². The van der Waals surface area contributed by atoms with Gasteiger partial charge in [0.2, 0.25) is 5.91 Å². The number of fused-ring (bicyclic) bond motifs is 1. The summed E-state index contributed by atoms with van der Waals surface area (Å²) in [6.07, 6.45) is 1.76. The molecule has 2 aromatic heterocycles. The van der Waals surface area contributed by atoms with Crippen LogP contribution in [-0.2, 0) is 11.3 Å². The maximum absolute atomic E-state index is 12.8. The molecule has 0 bridgehead atoms. The minimum atomic E-state index is -0.193. The molecule has 1 N–H and O–H groups in total. The molecule has 28 heavy (non-hydrogen) atoms. The third kappa shape index (κ3) is 4.05. The van der Waals surface area contributed by atoms with E-state index in [0.29, 0.717) is 0 Å². The molecule has 0 saturated carbocycles. The first-order valence-electron chi connectivity index (χ1n) is 9.63. The van der Waals surface area contributed by atoms with Gasteiger partial charge in [0, 0.05) is 43.8 Å². The molecular formula is C21H25N5O2. The number of aryl methyl sites for hydroxylation is 1. The Kier molecular flexibility index (Phi) is 5.36. The number of nitrogens with one attached hydrogen (secondary N) is 1. The lowest BCUT2D eigenvalue weighted by atomic mass is 10.1. The lowest BCUT2D eigenvalue weighted by molar-refractivity contribution is -0.121. The van der Waals surface area contributed by atoms with Gasteiger partial charge >= 0.3 is 0 Å². The third-order valence-corrected chi connectivity index (χ3v) is 5.29. The van der Waals surface area contributed by atoms with Crippen LogP contribution in [0.5, 0.6) is 0 Å². The van der Waals surface area contributed by atoms with Gasteiger partial charge in [-0.3, -0.25) is 19.6 Å². The molecule has 1 fully saturated rings.